The van der Waals surface area contributed by atoms with Crippen molar-refractivity contribution in [1.29, 1.82) is 0 Å². The summed E-state index contributed by atoms with van der Waals surface area (Å²) in [6.07, 6.45) is 0.0361. The highest BCUT2D eigenvalue weighted by Gasteiger charge is 2.15. The average molecular weight is 283 g/mol. The number of phenols is 1. The van der Waals surface area contributed by atoms with E-state index in [0.717, 1.165) is 10.8 Å². The number of nitrogens with zero attached hydrogens (tertiary/aromatic N) is 2. The zero-order valence-corrected chi connectivity index (χ0v) is 11.3. The molecule has 21 heavy (non-hydrogen) atoms. The fourth-order valence-corrected chi connectivity index (χ4v) is 2.07. The maximum absolute atomic E-state index is 11.3. The van der Waals surface area contributed by atoms with Gasteiger partial charge in [-0.3, -0.25) is 4.79 Å². The third-order valence-corrected chi connectivity index (χ3v) is 3.16. The lowest BCUT2D eigenvalue weighted by atomic mass is 10.1. The lowest BCUT2D eigenvalue weighted by Gasteiger charge is -2.02. The molecular weight excluding hydrogens is 270 g/mol. The fourth-order valence-electron chi connectivity index (χ4n) is 2.07. The van der Waals surface area contributed by atoms with Gasteiger partial charge in [0.05, 0.1) is 12.0 Å². The first kappa shape index (κ1) is 13.1. The van der Waals surface area contributed by atoms with Gasteiger partial charge in [0.15, 0.2) is 5.82 Å². The molecule has 0 aliphatic rings. The summed E-state index contributed by atoms with van der Waals surface area (Å²) in [6.45, 7) is 0. The predicted octanol–water partition coefficient (Wildman–Crippen LogP) is 1.88. The van der Waals surface area contributed by atoms with Crippen molar-refractivity contribution in [3.8, 4) is 17.2 Å². The minimum atomic E-state index is -0.204. The van der Waals surface area contributed by atoms with Gasteiger partial charge in [-0.05, 0) is 22.9 Å². The number of hydrogen-bond acceptors (Lipinski definition) is 5. The number of benzene rings is 2. The van der Waals surface area contributed by atoms with Gasteiger partial charge in [-0.15, -0.1) is 0 Å². The van der Waals surface area contributed by atoms with Crippen molar-refractivity contribution < 1.29 is 14.4 Å². The normalized spacial score (nSPS) is 10.7. The molecule has 1 aromatic heterocycles. The summed E-state index contributed by atoms with van der Waals surface area (Å²) in [5.41, 5.74) is 0.448. The Hall–Kier alpha value is -2.89. The molecule has 6 nitrogen and oxygen atoms in total. The van der Waals surface area contributed by atoms with E-state index >= 15 is 0 Å². The van der Waals surface area contributed by atoms with Crippen LogP contribution in [0.2, 0.25) is 0 Å². The molecule has 0 unspecified atom stereocenters. The number of aromatic hydroxyl groups is 1. The molecule has 1 amide bonds. The van der Waals surface area contributed by atoms with E-state index in [2.05, 4.69) is 15.5 Å². The number of carbonyl (C=O) groups excluding carboxylic acids is 1. The summed E-state index contributed by atoms with van der Waals surface area (Å²) in [6, 6.07) is 11.1. The second kappa shape index (κ2) is 5.24. The lowest BCUT2D eigenvalue weighted by molar-refractivity contribution is -0.120. The van der Waals surface area contributed by atoms with Crippen LogP contribution in [0, 0.1) is 0 Å². The first-order chi connectivity index (χ1) is 10.2. The Morgan fingerprint density at radius 2 is 2.00 bits per heavy atom. The van der Waals surface area contributed by atoms with Crippen LogP contribution in [0.15, 0.2) is 40.9 Å². The van der Waals surface area contributed by atoms with Crippen LogP contribution < -0.4 is 5.32 Å². The van der Waals surface area contributed by atoms with Crippen molar-refractivity contribution in [2.75, 3.05) is 7.05 Å². The van der Waals surface area contributed by atoms with Crippen LogP contribution >= 0.6 is 0 Å². The van der Waals surface area contributed by atoms with Gasteiger partial charge in [0.1, 0.15) is 5.75 Å². The first-order valence-electron chi connectivity index (χ1n) is 6.42. The zero-order valence-electron chi connectivity index (χ0n) is 11.3. The van der Waals surface area contributed by atoms with Gasteiger partial charge in [0.25, 0.3) is 5.89 Å². The van der Waals surface area contributed by atoms with Crippen molar-refractivity contribution in [3.63, 3.8) is 0 Å². The molecule has 1 heterocycles. The Kier molecular flexibility index (Phi) is 3.27. The Bertz CT molecular complexity index is 811. The average Bonchev–Trinajstić information content (AvgIpc) is 2.94. The van der Waals surface area contributed by atoms with Gasteiger partial charge in [0, 0.05) is 7.05 Å². The quantitative estimate of drug-likeness (QED) is 0.766. The van der Waals surface area contributed by atoms with E-state index in [1.807, 2.05) is 24.3 Å². The van der Waals surface area contributed by atoms with Crippen molar-refractivity contribution in [2.45, 2.75) is 6.42 Å². The molecule has 0 fully saturated rings. The van der Waals surface area contributed by atoms with E-state index in [0.29, 0.717) is 5.56 Å². The molecule has 3 aromatic rings. The van der Waals surface area contributed by atoms with Crippen LogP contribution in [0.4, 0.5) is 0 Å². The summed E-state index contributed by atoms with van der Waals surface area (Å²) in [5.74, 6) is 0.322. The second-order valence-corrected chi connectivity index (χ2v) is 4.58. The van der Waals surface area contributed by atoms with Crippen LogP contribution in [0.5, 0.6) is 5.75 Å². The number of hydrogen-bond donors (Lipinski definition) is 2. The van der Waals surface area contributed by atoms with Crippen LogP contribution in [0.25, 0.3) is 22.2 Å². The van der Waals surface area contributed by atoms with Gasteiger partial charge in [0.2, 0.25) is 5.91 Å². The van der Waals surface area contributed by atoms with Crippen LogP contribution in [-0.4, -0.2) is 28.2 Å². The number of phenolic OH excluding ortho intramolecular Hbond substituents is 1. The van der Waals surface area contributed by atoms with Gasteiger partial charge in [-0.25, -0.2) is 0 Å². The monoisotopic (exact) mass is 283 g/mol. The molecular formula is C15H13N3O3. The Labute approximate surface area is 120 Å². The number of likely N-dealkylation sites (N-methyl/N-ethyl adjacent to an activating group) is 1. The Balaban J connectivity index is 2.00. The summed E-state index contributed by atoms with van der Waals surface area (Å²) in [7, 11) is 1.54. The summed E-state index contributed by atoms with van der Waals surface area (Å²) in [4.78, 5) is 15.4. The molecule has 106 valence electrons. The van der Waals surface area contributed by atoms with Gasteiger partial charge in [-0.2, -0.15) is 4.98 Å². The first-order valence-corrected chi connectivity index (χ1v) is 6.42. The zero-order chi connectivity index (χ0) is 14.8. The van der Waals surface area contributed by atoms with Crippen LogP contribution in [0.1, 0.15) is 5.82 Å². The molecule has 0 radical (unpaired) electrons. The van der Waals surface area contributed by atoms with E-state index in [1.54, 1.807) is 19.2 Å². The molecule has 2 aromatic carbocycles. The van der Waals surface area contributed by atoms with Gasteiger partial charge < -0.3 is 14.9 Å². The Morgan fingerprint density at radius 1 is 1.29 bits per heavy atom. The number of carbonyl (C=O) groups is 1. The highest BCUT2D eigenvalue weighted by Crippen LogP contribution is 2.32. The fraction of sp³-hybridized carbons (Fsp3) is 0.133. The van der Waals surface area contributed by atoms with E-state index in [-0.39, 0.29) is 29.8 Å². The molecule has 0 atom stereocenters. The summed E-state index contributed by atoms with van der Waals surface area (Å²) < 4.78 is 5.12. The van der Waals surface area contributed by atoms with Gasteiger partial charge in [-0.1, -0.05) is 29.4 Å². The van der Waals surface area contributed by atoms with E-state index in [4.69, 9.17) is 4.52 Å². The standard InChI is InChI=1S/C15H13N3O3/c1-16-14(20)8-13-17-15(21-18-13)11-6-9-4-2-3-5-10(9)7-12(11)19/h2-7,19H,8H2,1H3,(H,16,20). The van der Waals surface area contributed by atoms with Crippen LogP contribution in [0.3, 0.4) is 0 Å². The van der Waals surface area contributed by atoms with E-state index in [1.165, 1.54) is 0 Å². The van der Waals surface area contributed by atoms with Crippen molar-refractivity contribution >= 4 is 16.7 Å². The molecule has 0 bridgehead atoms. The van der Waals surface area contributed by atoms with Crippen molar-refractivity contribution in [1.82, 2.24) is 15.5 Å². The molecule has 0 spiro atoms. The minimum absolute atomic E-state index is 0.0361. The Morgan fingerprint density at radius 3 is 2.71 bits per heavy atom. The minimum Gasteiger partial charge on any atom is -0.507 e. The molecule has 3 rings (SSSR count). The molecule has 0 aliphatic heterocycles. The maximum atomic E-state index is 11.3. The highest BCUT2D eigenvalue weighted by molar-refractivity contribution is 5.89. The van der Waals surface area contributed by atoms with Crippen molar-refractivity contribution in [3.05, 3.63) is 42.2 Å². The van der Waals surface area contributed by atoms with Gasteiger partial charge >= 0.3 is 0 Å². The third-order valence-electron chi connectivity index (χ3n) is 3.16. The number of aromatic nitrogens is 2. The molecule has 0 saturated heterocycles. The van der Waals surface area contributed by atoms with Crippen molar-refractivity contribution in [2.24, 2.45) is 0 Å². The molecule has 0 aliphatic carbocycles. The van der Waals surface area contributed by atoms with E-state index < -0.39 is 0 Å². The summed E-state index contributed by atoms with van der Waals surface area (Å²) in [5, 5.41) is 18.2. The number of rotatable bonds is 3. The second-order valence-electron chi connectivity index (χ2n) is 4.58. The maximum Gasteiger partial charge on any atom is 0.261 e. The summed E-state index contributed by atoms with van der Waals surface area (Å²) >= 11 is 0. The number of amides is 1. The van der Waals surface area contributed by atoms with Crippen LogP contribution in [-0.2, 0) is 11.2 Å². The largest absolute Gasteiger partial charge is 0.507 e. The highest BCUT2D eigenvalue weighted by atomic mass is 16.5. The lowest BCUT2D eigenvalue weighted by Crippen LogP contribution is -2.20. The molecule has 0 saturated carbocycles. The smallest absolute Gasteiger partial charge is 0.261 e. The van der Waals surface area contributed by atoms with E-state index in [9.17, 15) is 9.90 Å². The molecule has 2 N–H and O–H groups in total. The number of nitrogens with one attached hydrogen (secondary N) is 1. The SMILES string of the molecule is CNC(=O)Cc1noc(-c2cc3ccccc3cc2O)n1. The predicted molar refractivity (Wildman–Crippen MR) is 76.7 cm³/mol. The third kappa shape index (κ3) is 2.55. The molecule has 6 heteroatoms. The topological polar surface area (TPSA) is 88.2 Å². The number of fused-ring (bicyclic) bond motifs is 1.